The van der Waals surface area contributed by atoms with Crippen LogP contribution in [0.15, 0.2) is 78.0 Å². The lowest BCUT2D eigenvalue weighted by atomic mass is 9.91. The van der Waals surface area contributed by atoms with Crippen LogP contribution in [-0.4, -0.2) is 74.2 Å². The summed E-state index contributed by atoms with van der Waals surface area (Å²) in [6, 6.07) is 12.6. The third kappa shape index (κ3) is 11.3. The van der Waals surface area contributed by atoms with Crippen molar-refractivity contribution in [2.24, 2.45) is 16.5 Å². The highest BCUT2D eigenvalue weighted by molar-refractivity contribution is 14.0. The van der Waals surface area contributed by atoms with Gasteiger partial charge in [0.2, 0.25) is 26.0 Å². The standard InChI is InChI=1S/C18H18F2N4O3S.C17H19F2N3O3S.HI/c1-18(10-28(26,27)24(2)17(21)23-18)13-7-11(3-5-14(13)20)8-16(25)15-6-4-12(19)9-22-15;1-17(20,10-26(24,25)21-2)13-7-11(3-5-14(13)19)8-16(23)15-6-4-12(18)9-22-15;/h3-7,9H,8,10H2,1-2H3,(H2,21,23);3-7,9,21H,8,10,20H2,1-2H3;1H/t18-;17-;/m00./s1. The maximum Gasteiger partial charge on any atom is 0.239 e. The van der Waals surface area contributed by atoms with Gasteiger partial charge >= 0.3 is 0 Å². The Labute approximate surface area is 332 Å². The van der Waals surface area contributed by atoms with E-state index in [9.17, 15) is 44.0 Å². The molecule has 0 unspecified atom stereocenters. The first kappa shape index (κ1) is 45.0. The number of guanidine groups is 1. The van der Waals surface area contributed by atoms with E-state index in [4.69, 9.17) is 11.5 Å². The van der Waals surface area contributed by atoms with E-state index in [1.807, 2.05) is 0 Å². The lowest BCUT2D eigenvalue weighted by molar-refractivity contribution is 0.0980. The van der Waals surface area contributed by atoms with Crippen LogP contribution < -0.4 is 16.2 Å². The molecule has 20 heteroatoms. The SMILES string of the molecule is CN1C(N)=N[C@](C)(c2cc(CC(=O)c3ccc(F)cn3)ccc2F)CS1(=O)=O.CNS(=O)(=O)C[C@](C)(N)c1cc(CC(=O)c2ccc(F)cn2)ccc1F.I. The summed E-state index contributed by atoms with van der Waals surface area (Å²) in [7, 11) is -4.93. The molecule has 5 rings (SSSR count). The summed E-state index contributed by atoms with van der Waals surface area (Å²) in [5.74, 6) is -4.46. The van der Waals surface area contributed by atoms with Crippen molar-refractivity contribution in [1.82, 2.24) is 19.0 Å². The lowest BCUT2D eigenvalue weighted by Gasteiger charge is -2.34. The Bertz CT molecular complexity index is 2320. The van der Waals surface area contributed by atoms with Gasteiger partial charge in [-0.3, -0.25) is 19.6 Å². The lowest BCUT2D eigenvalue weighted by Crippen LogP contribution is -2.50. The molecule has 1 aliphatic heterocycles. The first-order valence-corrected chi connectivity index (χ1v) is 19.2. The maximum absolute atomic E-state index is 14.5. The number of rotatable bonds is 11. The van der Waals surface area contributed by atoms with E-state index < -0.39 is 65.9 Å². The number of carbonyl (C=O) groups is 2. The van der Waals surface area contributed by atoms with Gasteiger partial charge in [-0.25, -0.2) is 48.4 Å². The van der Waals surface area contributed by atoms with Gasteiger partial charge in [0.15, 0.2) is 11.6 Å². The average Bonchev–Trinajstić information content (AvgIpc) is 3.09. The zero-order chi connectivity index (χ0) is 40.2. The Morgan fingerprint density at radius 2 is 1.38 bits per heavy atom. The molecule has 0 spiro atoms. The number of ketones is 2. The second-order valence-electron chi connectivity index (χ2n) is 12.9. The quantitative estimate of drug-likeness (QED) is 0.113. The molecule has 0 fully saturated rings. The molecule has 1 aliphatic rings. The van der Waals surface area contributed by atoms with Crippen LogP contribution in [0.3, 0.4) is 0 Å². The molecule has 2 aromatic heterocycles. The molecule has 0 aliphatic carbocycles. The maximum atomic E-state index is 14.5. The molecule has 4 aromatic rings. The highest BCUT2D eigenvalue weighted by Crippen LogP contribution is 2.34. The average molecular weight is 920 g/mol. The number of Topliss-reactive ketones (excluding diaryl/α,β-unsaturated/α-hetero) is 2. The van der Waals surface area contributed by atoms with Crippen LogP contribution in [0.2, 0.25) is 0 Å². The molecule has 0 radical (unpaired) electrons. The van der Waals surface area contributed by atoms with Crippen molar-refractivity contribution in [3.63, 3.8) is 0 Å². The number of sulfonamides is 2. The van der Waals surface area contributed by atoms with Crippen LogP contribution in [0.4, 0.5) is 17.6 Å². The molecular weight excluding hydrogens is 881 g/mol. The predicted molar refractivity (Wildman–Crippen MR) is 208 cm³/mol. The highest BCUT2D eigenvalue weighted by Gasteiger charge is 2.42. The van der Waals surface area contributed by atoms with Gasteiger partial charge in [0.05, 0.1) is 29.4 Å². The number of aliphatic imine (C=N–C) groups is 1. The zero-order valence-corrected chi connectivity index (χ0v) is 33.8. The fourth-order valence-corrected chi connectivity index (χ4v) is 8.02. The Morgan fingerprint density at radius 3 is 1.84 bits per heavy atom. The van der Waals surface area contributed by atoms with Crippen LogP contribution in [0.5, 0.6) is 0 Å². The summed E-state index contributed by atoms with van der Waals surface area (Å²) in [6.45, 7) is 2.86. The van der Waals surface area contributed by atoms with Crippen molar-refractivity contribution in [1.29, 1.82) is 0 Å². The van der Waals surface area contributed by atoms with E-state index in [1.54, 1.807) is 0 Å². The van der Waals surface area contributed by atoms with E-state index in [0.717, 1.165) is 41.0 Å². The minimum absolute atomic E-state index is 0. The van der Waals surface area contributed by atoms with Crippen LogP contribution in [0.25, 0.3) is 0 Å². The number of nitrogens with one attached hydrogen (secondary N) is 1. The molecule has 296 valence electrons. The molecule has 3 heterocycles. The Balaban J connectivity index is 0.000000291. The van der Waals surface area contributed by atoms with Crippen LogP contribution in [0.1, 0.15) is 57.1 Å². The number of nitrogens with two attached hydrogens (primary N) is 2. The molecule has 0 bridgehead atoms. The minimum Gasteiger partial charge on any atom is -0.369 e. The topological polar surface area (TPSA) is 208 Å². The van der Waals surface area contributed by atoms with E-state index in [2.05, 4.69) is 19.7 Å². The van der Waals surface area contributed by atoms with Gasteiger partial charge in [-0.1, -0.05) is 18.2 Å². The molecule has 2 aromatic carbocycles. The number of carbonyl (C=O) groups excluding carboxylic acids is 2. The molecular formula is C35H38F4IN7O6S2. The zero-order valence-electron chi connectivity index (χ0n) is 29.9. The van der Waals surface area contributed by atoms with Crippen molar-refractivity contribution in [2.45, 2.75) is 37.8 Å². The summed E-state index contributed by atoms with van der Waals surface area (Å²) in [5, 5.41) is 0. The van der Waals surface area contributed by atoms with Gasteiger partial charge in [0, 0.05) is 31.0 Å². The Kier molecular flexibility index (Phi) is 14.4. The summed E-state index contributed by atoms with van der Waals surface area (Å²) < 4.78 is 106. The highest BCUT2D eigenvalue weighted by atomic mass is 127. The molecule has 55 heavy (non-hydrogen) atoms. The van der Waals surface area contributed by atoms with Gasteiger partial charge in [0.25, 0.3) is 0 Å². The summed E-state index contributed by atoms with van der Waals surface area (Å²) in [6.07, 6.45) is 1.64. The van der Waals surface area contributed by atoms with Crippen LogP contribution in [-0.2, 0) is 44.0 Å². The number of halogens is 5. The van der Waals surface area contributed by atoms with E-state index in [1.165, 1.54) is 64.3 Å². The Hall–Kier alpha value is -4.38. The summed E-state index contributed by atoms with van der Waals surface area (Å²) in [4.78, 5) is 36.2. The molecule has 0 saturated heterocycles. The fourth-order valence-electron chi connectivity index (χ4n) is 5.48. The molecule has 2 atom stereocenters. The van der Waals surface area contributed by atoms with Crippen LogP contribution in [0, 0.1) is 23.3 Å². The van der Waals surface area contributed by atoms with Gasteiger partial charge in [-0.15, -0.1) is 24.0 Å². The van der Waals surface area contributed by atoms with E-state index >= 15 is 0 Å². The number of aromatic nitrogens is 2. The van der Waals surface area contributed by atoms with Crippen molar-refractivity contribution in [3.8, 4) is 0 Å². The number of pyridine rings is 2. The predicted octanol–water partition coefficient (Wildman–Crippen LogP) is 3.72. The van der Waals surface area contributed by atoms with Crippen molar-refractivity contribution < 1.29 is 44.0 Å². The molecule has 5 N–H and O–H groups in total. The normalized spacial score (nSPS) is 17.5. The second kappa shape index (κ2) is 17.6. The monoisotopic (exact) mass is 919 g/mol. The number of benzene rings is 2. The summed E-state index contributed by atoms with van der Waals surface area (Å²) >= 11 is 0. The van der Waals surface area contributed by atoms with E-state index in [0.29, 0.717) is 11.1 Å². The number of nitrogens with zero attached hydrogens (tertiary/aromatic N) is 4. The molecule has 13 nitrogen and oxygen atoms in total. The largest absolute Gasteiger partial charge is 0.369 e. The first-order chi connectivity index (χ1) is 25.1. The van der Waals surface area contributed by atoms with Gasteiger partial charge < -0.3 is 11.5 Å². The van der Waals surface area contributed by atoms with Crippen LogP contribution >= 0.6 is 24.0 Å². The number of hydrogen-bond acceptors (Lipinski definition) is 11. The number of hydrogen-bond donors (Lipinski definition) is 3. The molecule has 0 saturated carbocycles. The Morgan fingerprint density at radius 1 is 0.891 bits per heavy atom. The molecule has 0 amide bonds. The van der Waals surface area contributed by atoms with Gasteiger partial charge in [-0.05, 0) is 74.5 Å². The third-order valence-corrected chi connectivity index (χ3v) is 11.9. The second-order valence-corrected chi connectivity index (χ2v) is 16.8. The third-order valence-electron chi connectivity index (χ3n) is 8.38. The van der Waals surface area contributed by atoms with E-state index in [-0.39, 0.29) is 76.9 Å². The fraction of sp³-hybridized carbons (Fsp3) is 0.286. The first-order valence-electron chi connectivity index (χ1n) is 15.9. The smallest absolute Gasteiger partial charge is 0.239 e. The van der Waals surface area contributed by atoms with Gasteiger partial charge in [0.1, 0.15) is 40.2 Å². The minimum atomic E-state index is -3.77. The van der Waals surface area contributed by atoms with Crippen molar-refractivity contribution >= 4 is 61.5 Å². The van der Waals surface area contributed by atoms with Crippen molar-refractivity contribution in [2.75, 3.05) is 25.6 Å². The summed E-state index contributed by atoms with van der Waals surface area (Å²) in [5.41, 5.74) is 9.83. The van der Waals surface area contributed by atoms with Gasteiger partial charge in [-0.2, -0.15) is 0 Å². The van der Waals surface area contributed by atoms with Crippen molar-refractivity contribution in [3.05, 3.63) is 130 Å².